The number of carbonyl (C=O) groups is 1. The summed E-state index contributed by atoms with van der Waals surface area (Å²) in [5.74, 6) is 1.77. The summed E-state index contributed by atoms with van der Waals surface area (Å²) < 4.78 is 10.7. The van der Waals surface area contributed by atoms with Crippen molar-refractivity contribution in [1.82, 2.24) is 15.0 Å². The van der Waals surface area contributed by atoms with Crippen molar-refractivity contribution in [3.05, 3.63) is 84.2 Å². The molecular weight excluding hydrogens is 516 g/mol. The van der Waals surface area contributed by atoms with Crippen LogP contribution in [-0.2, 0) is 4.79 Å². The Morgan fingerprint density at radius 2 is 1.61 bits per heavy atom. The van der Waals surface area contributed by atoms with Crippen LogP contribution in [0, 0.1) is 0 Å². The zero-order valence-corrected chi connectivity index (χ0v) is 22.6. The third-order valence-electron chi connectivity index (χ3n) is 5.79. The summed E-state index contributed by atoms with van der Waals surface area (Å²) >= 11 is 2.91. The van der Waals surface area contributed by atoms with Crippen molar-refractivity contribution in [1.29, 1.82) is 0 Å². The molecule has 5 rings (SSSR count). The summed E-state index contributed by atoms with van der Waals surface area (Å²) in [5, 5.41) is 6.15. The fourth-order valence-corrected chi connectivity index (χ4v) is 5.47. The molecule has 0 aliphatic carbocycles. The number of imidazole rings is 1. The highest BCUT2D eigenvalue weighted by molar-refractivity contribution is 7.99. The van der Waals surface area contributed by atoms with E-state index >= 15 is 0 Å². The lowest BCUT2D eigenvalue weighted by atomic mass is 10.1. The first-order valence-corrected chi connectivity index (χ1v) is 13.8. The molecule has 0 atom stereocenters. The fourth-order valence-electron chi connectivity index (χ4n) is 3.92. The maximum Gasteiger partial charge on any atom is 0.226 e. The van der Waals surface area contributed by atoms with Gasteiger partial charge in [-0.05, 0) is 18.2 Å². The van der Waals surface area contributed by atoms with Crippen molar-refractivity contribution in [2.75, 3.05) is 25.3 Å². The molecule has 2 N–H and O–H groups in total. The maximum atomic E-state index is 12.6. The molecule has 0 saturated heterocycles. The molecule has 5 aromatic rings. The van der Waals surface area contributed by atoms with Gasteiger partial charge in [-0.3, -0.25) is 4.79 Å². The van der Waals surface area contributed by atoms with Gasteiger partial charge in [-0.15, -0.1) is 11.3 Å². The minimum absolute atomic E-state index is 0.0937. The second kappa shape index (κ2) is 12.0. The summed E-state index contributed by atoms with van der Waals surface area (Å²) in [4.78, 5) is 25.5. The van der Waals surface area contributed by atoms with Crippen LogP contribution in [0.2, 0.25) is 0 Å². The van der Waals surface area contributed by atoms with Crippen LogP contribution in [0.25, 0.3) is 33.8 Å². The number of thioether (sulfide) groups is 1. The van der Waals surface area contributed by atoms with Gasteiger partial charge in [0.15, 0.2) is 21.8 Å². The van der Waals surface area contributed by atoms with Crippen LogP contribution in [0.3, 0.4) is 0 Å². The number of rotatable bonds is 10. The van der Waals surface area contributed by atoms with Crippen LogP contribution in [-0.4, -0.2) is 40.8 Å². The lowest BCUT2D eigenvalue weighted by molar-refractivity contribution is -0.115. The summed E-state index contributed by atoms with van der Waals surface area (Å²) in [6.45, 7) is 0. The zero-order valence-electron chi connectivity index (χ0n) is 20.9. The summed E-state index contributed by atoms with van der Waals surface area (Å²) in [5.41, 5.74) is 5.62. The number of aromatic nitrogens is 3. The van der Waals surface area contributed by atoms with Crippen molar-refractivity contribution < 1.29 is 14.3 Å². The smallest absolute Gasteiger partial charge is 0.226 e. The molecule has 0 unspecified atom stereocenters. The van der Waals surface area contributed by atoms with Gasteiger partial charge in [0.05, 0.1) is 31.3 Å². The summed E-state index contributed by atoms with van der Waals surface area (Å²) in [6, 6.07) is 25.9. The van der Waals surface area contributed by atoms with Crippen molar-refractivity contribution in [3.8, 4) is 45.3 Å². The number of amides is 1. The number of H-pyrrole nitrogens is 1. The zero-order chi connectivity index (χ0) is 26.3. The third kappa shape index (κ3) is 5.90. The highest BCUT2D eigenvalue weighted by atomic mass is 32.2. The lowest BCUT2D eigenvalue weighted by Gasteiger charge is -2.08. The number of hydrogen-bond donors (Lipinski definition) is 2. The number of anilines is 1. The Kier molecular flexibility index (Phi) is 8.06. The van der Waals surface area contributed by atoms with Crippen molar-refractivity contribution in [2.24, 2.45) is 0 Å². The van der Waals surface area contributed by atoms with E-state index in [1.807, 2.05) is 60.0 Å². The molecule has 0 saturated carbocycles. The van der Waals surface area contributed by atoms with Gasteiger partial charge in [-0.1, -0.05) is 72.4 Å². The number of hydrogen-bond acceptors (Lipinski definition) is 7. The maximum absolute atomic E-state index is 12.6. The first-order valence-electron chi connectivity index (χ1n) is 12.0. The Hall–Kier alpha value is -4.08. The summed E-state index contributed by atoms with van der Waals surface area (Å²) in [6.07, 6.45) is 0.331. The molecule has 0 fully saturated rings. The molecule has 192 valence electrons. The second-order valence-corrected chi connectivity index (χ2v) is 10.2. The number of nitrogens with zero attached hydrogens (tertiary/aromatic N) is 2. The Labute approximate surface area is 229 Å². The largest absolute Gasteiger partial charge is 0.493 e. The molecule has 1 amide bonds. The molecular formula is C29H26N4O3S2. The fraction of sp³-hybridized carbons (Fsp3) is 0.138. The second-order valence-electron chi connectivity index (χ2n) is 8.25. The van der Waals surface area contributed by atoms with Gasteiger partial charge in [0.1, 0.15) is 0 Å². The standard InChI is InChI=1S/C29H26N4O3S2/c1-35-23-14-13-21(17-24(23)36-2)22-18-38-28(30-22)31-25(34)15-16-37-29-32-26(19-9-5-3-6-10-19)27(33-29)20-11-7-4-8-12-20/h3-14,17-18H,15-16H2,1-2H3,(H,32,33)(H,30,31,34). The topological polar surface area (TPSA) is 89.1 Å². The molecule has 9 heteroatoms. The number of methoxy groups -OCH3 is 2. The van der Waals surface area contributed by atoms with Crippen LogP contribution in [0.5, 0.6) is 11.5 Å². The predicted molar refractivity (Wildman–Crippen MR) is 154 cm³/mol. The average molecular weight is 543 g/mol. The number of aromatic amines is 1. The van der Waals surface area contributed by atoms with Crippen LogP contribution in [0.4, 0.5) is 5.13 Å². The van der Waals surface area contributed by atoms with E-state index in [0.29, 0.717) is 28.8 Å². The van der Waals surface area contributed by atoms with E-state index in [2.05, 4.69) is 39.6 Å². The molecule has 0 aliphatic heterocycles. The van der Waals surface area contributed by atoms with Gasteiger partial charge in [-0.25, -0.2) is 9.97 Å². The SMILES string of the molecule is COc1ccc(-c2csc(NC(=O)CCSc3nc(-c4ccccc4)c(-c4ccccc4)[nH]3)n2)cc1OC. The molecule has 0 bridgehead atoms. The van der Waals surface area contributed by atoms with Crippen LogP contribution >= 0.6 is 23.1 Å². The van der Waals surface area contributed by atoms with Gasteiger partial charge in [0, 0.05) is 34.2 Å². The average Bonchev–Trinajstić information content (AvgIpc) is 3.61. The Morgan fingerprint density at radius 1 is 0.895 bits per heavy atom. The number of benzene rings is 3. The molecule has 0 spiro atoms. The van der Waals surface area contributed by atoms with Crippen molar-refractivity contribution in [2.45, 2.75) is 11.6 Å². The van der Waals surface area contributed by atoms with E-state index in [4.69, 9.17) is 14.5 Å². The quantitative estimate of drug-likeness (QED) is 0.185. The molecule has 38 heavy (non-hydrogen) atoms. The number of thiazole rings is 1. The molecule has 2 aromatic heterocycles. The molecule has 0 aliphatic rings. The predicted octanol–water partition coefficient (Wildman–Crippen LogP) is 7.01. The highest BCUT2D eigenvalue weighted by Crippen LogP contribution is 2.34. The van der Waals surface area contributed by atoms with Crippen molar-refractivity contribution >= 4 is 34.1 Å². The number of ether oxygens (including phenoxy) is 2. The van der Waals surface area contributed by atoms with Crippen molar-refractivity contribution in [3.63, 3.8) is 0 Å². The van der Waals surface area contributed by atoms with E-state index in [0.717, 1.165) is 38.9 Å². The number of carbonyl (C=O) groups excluding carboxylic acids is 1. The van der Waals surface area contributed by atoms with E-state index in [1.165, 1.54) is 23.1 Å². The first-order chi connectivity index (χ1) is 18.6. The van der Waals surface area contributed by atoms with E-state index in [1.54, 1.807) is 14.2 Å². The Balaban J connectivity index is 1.21. The van der Waals surface area contributed by atoms with Gasteiger partial charge >= 0.3 is 0 Å². The van der Waals surface area contributed by atoms with Crippen LogP contribution < -0.4 is 14.8 Å². The van der Waals surface area contributed by atoms with Gasteiger partial charge in [0.25, 0.3) is 0 Å². The molecule has 3 aromatic carbocycles. The normalized spacial score (nSPS) is 10.8. The Bertz CT molecular complexity index is 1460. The van der Waals surface area contributed by atoms with E-state index in [9.17, 15) is 4.79 Å². The highest BCUT2D eigenvalue weighted by Gasteiger charge is 2.15. The summed E-state index contributed by atoms with van der Waals surface area (Å²) in [7, 11) is 3.20. The minimum atomic E-state index is -0.0937. The lowest BCUT2D eigenvalue weighted by Crippen LogP contribution is -2.12. The van der Waals surface area contributed by atoms with Gasteiger partial charge in [0.2, 0.25) is 5.91 Å². The monoisotopic (exact) mass is 542 g/mol. The molecule has 0 radical (unpaired) electrons. The molecule has 2 heterocycles. The van der Waals surface area contributed by atoms with E-state index < -0.39 is 0 Å². The molecule has 7 nitrogen and oxygen atoms in total. The van der Waals surface area contributed by atoms with E-state index in [-0.39, 0.29) is 5.91 Å². The van der Waals surface area contributed by atoms with Gasteiger partial charge in [-0.2, -0.15) is 0 Å². The van der Waals surface area contributed by atoms with Crippen LogP contribution in [0.15, 0.2) is 89.4 Å². The third-order valence-corrected chi connectivity index (χ3v) is 7.42. The van der Waals surface area contributed by atoms with Crippen LogP contribution in [0.1, 0.15) is 6.42 Å². The minimum Gasteiger partial charge on any atom is -0.493 e. The number of nitrogens with one attached hydrogen (secondary N) is 2. The first kappa shape index (κ1) is 25.6. The Morgan fingerprint density at radius 3 is 2.32 bits per heavy atom. The van der Waals surface area contributed by atoms with Gasteiger partial charge < -0.3 is 19.8 Å².